The molecule has 2 heterocycles. The van der Waals surface area contributed by atoms with Gasteiger partial charge in [-0.3, -0.25) is 14.5 Å². The van der Waals surface area contributed by atoms with Crippen molar-refractivity contribution in [2.75, 3.05) is 6.79 Å². The van der Waals surface area contributed by atoms with E-state index in [1.807, 2.05) is 0 Å². The van der Waals surface area contributed by atoms with Crippen molar-refractivity contribution in [2.45, 2.75) is 6.54 Å². The monoisotopic (exact) mass is 469 g/mol. The second-order valence-electron chi connectivity index (χ2n) is 5.74. The van der Waals surface area contributed by atoms with Crippen molar-refractivity contribution < 1.29 is 23.5 Å². The standard InChI is InChI=1S/C18H10BrClFNO4S/c19-11-3-9(1-2-13(11)21)4-16-17(23)22(18(24)27-16)7-10-5-14-15(6-12(10)20)26-8-25-14/h1-6H,7-8H2/b16-4-. The number of nitrogens with zero attached hydrogens (tertiary/aromatic N) is 1. The van der Waals surface area contributed by atoms with Gasteiger partial charge in [0.15, 0.2) is 11.5 Å². The molecule has 9 heteroatoms. The number of carbonyl (C=O) groups excluding carboxylic acids is 2. The maximum absolute atomic E-state index is 13.4. The summed E-state index contributed by atoms with van der Waals surface area (Å²) in [5, 5.41) is -0.0223. The number of fused-ring (bicyclic) bond motifs is 1. The first-order valence-electron chi connectivity index (χ1n) is 7.71. The Morgan fingerprint density at radius 1 is 1.22 bits per heavy atom. The van der Waals surface area contributed by atoms with Gasteiger partial charge in [-0.1, -0.05) is 17.7 Å². The number of hydrogen-bond donors (Lipinski definition) is 0. The Balaban J connectivity index is 1.58. The zero-order valence-corrected chi connectivity index (χ0v) is 16.7. The minimum absolute atomic E-state index is 0.0184. The van der Waals surface area contributed by atoms with Gasteiger partial charge in [0.2, 0.25) is 6.79 Å². The Morgan fingerprint density at radius 2 is 1.96 bits per heavy atom. The van der Waals surface area contributed by atoms with Gasteiger partial charge in [-0.15, -0.1) is 0 Å². The molecule has 2 aliphatic heterocycles. The molecule has 0 unspecified atom stereocenters. The molecule has 5 nitrogen and oxygen atoms in total. The van der Waals surface area contributed by atoms with Gasteiger partial charge in [0.05, 0.1) is 15.9 Å². The second-order valence-corrected chi connectivity index (χ2v) is 7.99. The van der Waals surface area contributed by atoms with Gasteiger partial charge in [-0.05, 0) is 63.1 Å². The number of thioether (sulfide) groups is 1. The molecule has 0 aromatic heterocycles. The van der Waals surface area contributed by atoms with E-state index in [4.69, 9.17) is 21.1 Å². The van der Waals surface area contributed by atoms with E-state index in [1.54, 1.807) is 18.2 Å². The maximum atomic E-state index is 13.4. The first-order chi connectivity index (χ1) is 12.9. The van der Waals surface area contributed by atoms with E-state index in [1.165, 1.54) is 18.2 Å². The Labute approximate surface area is 171 Å². The minimum Gasteiger partial charge on any atom is -0.454 e. The molecule has 0 radical (unpaired) electrons. The van der Waals surface area contributed by atoms with Crippen LogP contribution in [0.25, 0.3) is 6.08 Å². The van der Waals surface area contributed by atoms with Gasteiger partial charge >= 0.3 is 0 Å². The Kier molecular flexibility index (Phi) is 4.88. The quantitative estimate of drug-likeness (QED) is 0.577. The maximum Gasteiger partial charge on any atom is 0.293 e. The van der Waals surface area contributed by atoms with E-state index in [2.05, 4.69) is 15.9 Å². The fourth-order valence-electron chi connectivity index (χ4n) is 2.64. The van der Waals surface area contributed by atoms with E-state index in [9.17, 15) is 14.0 Å². The first kappa shape index (κ1) is 18.3. The van der Waals surface area contributed by atoms with Crippen molar-refractivity contribution in [1.29, 1.82) is 0 Å². The van der Waals surface area contributed by atoms with Crippen LogP contribution in [0.5, 0.6) is 11.5 Å². The zero-order chi connectivity index (χ0) is 19.1. The SMILES string of the molecule is O=C1S/C(=C\c2ccc(F)c(Br)c2)C(=O)N1Cc1cc2c(cc1Cl)OCO2. The third-order valence-corrected chi connectivity index (χ3v) is 5.85. The predicted molar refractivity (Wildman–Crippen MR) is 103 cm³/mol. The first-order valence-corrected chi connectivity index (χ1v) is 9.69. The van der Waals surface area contributed by atoms with Crippen LogP contribution in [0.2, 0.25) is 5.02 Å². The molecule has 0 spiro atoms. The van der Waals surface area contributed by atoms with Crippen molar-refractivity contribution >= 4 is 56.5 Å². The van der Waals surface area contributed by atoms with Gasteiger partial charge in [0.25, 0.3) is 11.1 Å². The average molecular weight is 471 g/mol. The third kappa shape index (κ3) is 3.56. The Bertz CT molecular complexity index is 1010. The topological polar surface area (TPSA) is 55.8 Å². The molecule has 0 bridgehead atoms. The molecular weight excluding hydrogens is 461 g/mol. The van der Waals surface area contributed by atoms with Crippen LogP contribution in [0.3, 0.4) is 0 Å². The third-order valence-electron chi connectivity index (χ3n) is 3.99. The van der Waals surface area contributed by atoms with E-state index in [-0.39, 0.29) is 22.7 Å². The highest BCUT2D eigenvalue weighted by Gasteiger charge is 2.35. The molecule has 4 rings (SSSR count). The summed E-state index contributed by atoms with van der Waals surface area (Å²) >= 11 is 10.2. The molecule has 2 aromatic carbocycles. The highest BCUT2D eigenvalue weighted by molar-refractivity contribution is 9.10. The fourth-order valence-corrected chi connectivity index (χ4v) is 4.09. The second kappa shape index (κ2) is 7.18. The average Bonchev–Trinajstić information content (AvgIpc) is 3.17. The van der Waals surface area contributed by atoms with Crippen LogP contribution in [0.1, 0.15) is 11.1 Å². The zero-order valence-electron chi connectivity index (χ0n) is 13.5. The van der Waals surface area contributed by atoms with Gasteiger partial charge in [-0.25, -0.2) is 4.39 Å². The van der Waals surface area contributed by atoms with Gasteiger partial charge in [-0.2, -0.15) is 0 Å². The minimum atomic E-state index is -0.431. The summed E-state index contributed by atoms with van der Waals surface area (Å²) in [5.41, 5.74) is 1.18. The van der Waals surface area contributed by atoms with Gasteiger partial charge in [0, 0.05) is 11.1 Å². The Morgan fingerprint density at radius 3 is 2.70 bits per heavy atom. The van der Waals surface area contributed by atoms with Gasteiger partial charge in [0.1, 0.15) is 5.82 Å². The van der Waals surface area contributed by atoms with E-state index in [0.29, 0.717) is 27.6 Å². The smallest absolute Gasteiger partial charge is 0.293 e. The molecular formula is C18H10BrClFNO4S. The molecule has 2 aromatic rings. The highest BCUT2D eigenvalue weighted by atomic mass is 79.9. The molecule has 27 heavy (non-hydrogen) atoms. The molecule has 0 atom stereocenters. The van der Waals surface area contributed by atoms with Crippen LogP contribution in [-0.4, -0.2) is 22.8 Å². The van der Waals surface area contributed by atoms with Gasteiger partial charge < -0.3 is 9.47 Å². The van der Waals surface area contributed by atoms with Crippen LogP contribution in [0.15, 0.2) is 39.7 Å². The summed E-state index contributed by atoms with van der Waals surface area (Å²) in [5.74, 6) is 0.213. The lowest BCUT2D eigenvalue weighted by Gasteiger charge is -2.14. The molecule has 0 aliphatic carbocycles. The molecule has 1 fully saturated rings. The predicted octanol–water partition coefficient (Wildman–Crippen LogP) is 5.21. The lowest BCUT2D eigenvalue weighted by atomic mass is 10.1. The summed E-state index contributed by atoms with van der Waals surface area (Å²) in [6, 6.07) is 7.62. The summed E-state index contributed by atoms with van der Waals surface area (Å²) in [7, 11) is 0. The van der Waals surface area contributed by atoms with Crippen molar-refractivity contribution in [3.63, 3.8) is 0 Å². The van der Waals surface area contributed by atoms with Crippen molar-refractivity contribution in [2.24, 2.45) is 0 Å². The number of ether oxygens (including phenoxy) is 2. The van der Waals surface area contributed by atoms with Crippen LogP contribution >= 0.6 is 39.3 Å². The number of carbonyl (C=O) groups is 2. The van der Waals surface area contributed by atoms with Crippen LogP contribution < -0.4 is 9.47 Å². The summed E-state index contributed by atoms with van der Waals surface area (Å²) in [6.07, 6.45) is 1.55. The van der Waals surface area contributed by atoms with Crippen LogP contribution in [0, 0.1) is 5.82 Å². The lowest BCUT2D eigenvalue weighted by Crippen LogP contribution is -2.27. The normalized spacial score (nSPS) is 17.3. The number of hydrogen-bond acceptors (Lipinski definition) is 5. The number of halogens is 3. The van der Waals surface area contributed by atoms with Crippen molar-refractivity contribution in [3.05, 3.63) is 61.7 Å². The van der Waals surface area contributed by atoms with Crippen LogP contribution in [-0.2, 0) is 11.3 Å². The van der Waals surface area contributed by atoms with E-state index >= 15 is 0 Å². The van der Waals surface area contributed by atoms with Crippen molar-refractivity contribution in [3.8, 4) is 11.5 Å². The van der Waals surface area contributed by atoms with E-state index < -0.39 is 17.0 Å². The van der Waals surface area contributed by atoms with E-state index in [0.717, 1.165) is 16.7 Å². The summed E-state index contributed by atoms with van der Waals surface area (Å²) < 4.78 is 24.2. The lowest BCUT2D eigenvalue weighted by molar-refractivity contribution is -0.123. The highest BCUT2D eigenvalue weighted by Crippen LogP contribution is 2.39. The molecule has 2 amide bonds. The number of imide groups is 1. The summed E-state index contributed by atoms with van der Waals surface area (Å²) in [6.45, 7) is 0.122. The fraction of sp³-hybridized carbons (Fsp3) is 0.111. The molecule has 0 saturated carbocycles. The Hall–Kier alpha value is -2.03. The van der Waals surface area contributed by atoms with Crippen LogP contribution in [0.4, 0.5) is 9.18 Å². The summed E-state index contributed by atoms with van der Waals surface area (Å²) in [4.78, 5) is 26.3. The molecule has 2 aliphatic rings. The largest absolute Gasteiger partial charge is 0.454 e. The van der Waals surface area contributed by atoms with Crippen molar-refractivity contribution in [1.82, 2.24) is 4.90 Å². The number of benzene rings is 2. The number of rotatable bonds is 3. The molecule has 1 saturated heterocycles. The molecule has 0 N–H and O–H groups in total. The molecule has 138 valence electrons. The number of amides is 2.